The van der Waals surface area contributed by atoms with Gasteiger partial charge in [-0.1, -0.05) is 6.92 Å². The summed E-state index contributed by atoms with van der Waals surface area (Å²) in [6.07, 6.45) is 1.24. The van der Waals surface area contributed by atoms with Crippen LogP contribution in [0.4, 0.5) is 0 Å². The molecule has 0 aliphatic carbocycles. The van der Waals surface area contributed by atoms with Crippen LogP contribution in [0.15, 0.2) is 0 Å². The first-order valence-electron chi connectivity index (χ1n) is 3.72. The maximum atomic E-state index is 5.21. The summed E-state index contributed by atoms with van der Waals surface area (Å²) in [5.41, 5.74) is 0. The zero-order valence-electron chi connectivity index (χ0n) is 6.02. The highest BCUT2D eigenvalue weighted by molar-refractivity contribution is 4.65. The van der Waals surface area contributed by atoms with E-state index < -0.39 is 0 Å². The Hall–Kier alpha value is -0.0800. The lowest BCUT2D eigenvalue weighted by Crippen LogP contribution is -2.22. The fraction of sp³-hybridized carbons (Fsp3) is 1.00. The van der Waals surface area contributed by atoms with Gasteiger partial charge in [0.15, 0.2) is 0 Å². The molecular formula is C7H17NO. The van der Waals surface area contributed by atoms with Gasteiger partial charge in [-0.05, 0) is 18.9 Å². The van der Waals surface area contributed by atoms with E-state index in [2.05, 4.69) is 12.2 Å². The molecule has 9 heavy (non-hydrogen) atoms. The second kappa shape index (κ2) is 3.85. The van der Waals surface area contributed by atoms with Gasteiger partial charge in [0.2, 0.25) is 0 Å². The molecule has 0 bridgehead atoms. The predicted octanol–water partition coefficient (Wildman–Crippen LogP) is 0.878. The molecule has 1 heterocycles. The number of rotatable bonds is 3. The van der Waals surface area contributed by atoms with Crippen molar-refractivity contribution >= 4 is 0 Å². The molecule has 1 aliphatic rings. The number of hydrogen-bond donors (Lipinski definition) is 1. The zero-order chi connectivity index (χ0) is 6.53. The van der Waals surface area contributed by atoms with E-state index in [4.69, 9.17) is 4.74 Å². The topological polar surface area (TPSA) is 21.3 Å². The minimum atomic E-state index is 0. The van der Waals surface area contributed by atoms with Gasteiger partial charge in [-0.25, -0.2) is 0 Å². The lowest BCUT2D eigenvalue weighted by molar-refractivity contribution is 0.185. The molecule has 1 aliphatic heterocycles. The van der Waals surface area contributed by atoms with Gasteiger partial charge in [0.05, 0.1) is 6.61 Å². The molecule has 2 heteroatoms. The van der Waals surface area contributed by atoms with Crippen LogP contribution in [0.25, 0.3) is 0 Å². The van der Waals surface area contributed by atoms with Crippen LogP contribution >= 0.6 is 0 Å². The van der Waals surface area contributed by atoms with Crippen molar-refractivity contribution in [2.24, 2.45) is 5.92 Å². The second-order valence-electron chi connectivity index (χ2n) is 2.54. The van der Waals surface area contributed by atoms with Crippen LogP contribution < -0.4 is 5.32 Å². The molecule has 0 aromatic carbocycles. The van der Waals surface area contributed by atoms with Gasteiger partial charge in [-0.15, -0.1) is 0 Å². The Morgan fingerprint density at radius 1 is 1.78 bits per heavy atom. The minimum Gasteiger partial charge on any atom is -0.381 e. The van der Waals surface area contributed by atoms with Crippen LogP contribution in [0, 0.1) is 5.92 Å². The van der Waals surface area contributed by atoms with Crippen LogP contribution in [0.2, 0.25) is 0 Å². The summed E-state index contributed by atoms with van der Waals surface area (Å²) >= 11 is 0. The summed E-state index contributed by atoms with van der Waals surface area (Å²) in [5.74, 6) is 0.782. The Morgan fingerprint density at radius 3 is 3.22 bits per heavy atom. The Kier molecular flexibility index (Phi) is 3.01. The van der Waals surface area contributed by atoms with Crippen molar-refractivity contribution in [2.75, 3.05) is 26.3 Å². The zero-order valence-corrected chi connectivity index (χ0v) is 6.02. The van der Waals surface area contributed by atoms with Crippen molar-refractivity contribution in [2.45, 2.75) is 13.3 Å². The summed E-state index contributed by atoms with van der Waals surface area (Å²) in [7, 11) is 0. The van der Waals surface area contributed by atoms with E-state index in [0.717, 1.165) is 32.2 Å². The van der Waals surface area contributed by atoms with Crippen molar-refractivity contribution in [3.05, 3.63) is 0 Å². The minimum absolute atomic E-state index is 0. The van der Waals surface area contributed by atoms with Gasteiger partial charge in [0.25, 0.3) is 0 Å². The van der Waals surface area contributed by atoms with Crippen LogP contribution in [-0.2, 0) is 4.74 Å². The molecule has 0 aromatic rings. The molecule has 0 saturated carbocycles. The number of hydrogen-bond acceptors (Lipinski definition) is 2. The van der Waals surface area contributed by atoms with Gasteiger partial charge in [0.1, 0.15) is 0 Å². The van der Waals surface area contributed by atoms with E-state index in [1.54, 1.807) is 0 Å². The molecule has 1 fully saturated rings. The van der Waals surface area contributed by atoms with E-state index in [9.17, 15) is 0 Å². The van der Waals surface area contributed by atoms with Gasteiger partial charge in [-0.2, -0.15) is 0 Å². The van der Waals surface area contributed by atoms with Gasteiger partial charge in [0, 0.05) is 14.6 Å². The van der Waals surface area contributed by atoms with Gasteiger partial charge < -0.3 is 10.1 Å². The van der Waals surface area contributed by atoms with Crippen molar-refractivity contribution in [3.8, 4) is 0 Å². The van der Waals surface area contributed by atoms with Crippen LogP contribution in [-0.4, -0.2) is 26.3 Å². The monoisotopic (exact) mass is 131 g/mol. The highest BCUT2D eigenvalue weighted by Gasteiger charge is 2.13. The molecule has 1 rings (SSSR count). The Labute approximate surface area is 58.1 Å². The Bertz CT molecular complexity index is 74.0. The highest BCUT2D eigenvalue weighted by Crippen LogP contribution is 2.09. The van der Waals surface area contributed by atoms with E-state index in [1.807, 2.05) is 0 Å². The fourth-order valence-electron chi connectivity index (χ4n) is 1.09. The molecule has 2 nitrogen and oxygen atoms in total. The second-order valence-corrected chi connectivity index (χ2v) is 2.54. The van der Waals surface area contributed by atoms with Crippen molar-refractivity contribution < 1.29 is 6.16 Å². The van der Waals surface area contributed by atoms with Crippen molar-refractivity contribution in [3.63, 3.8) is 0 Å². The highest BCUT2D eigenvalue weighted by atomic mass is 16.5. The van der Waals surface area contributed by atoms with E-state index in [0.29, 0.717) is 0 Å². The van der Waals surface area contributed by atoms with Gasteiger partial charge >= 0.3 is 0 Å². The Balaban J connectivity index is 0.000000810. The third-order valence-corrected chi connectivity index (χ3v) is 1.71. The lowest BCUT2D eigenvalue weighted by Gasteiger charge is -2.05. The summed E-state index contributed by atoms with van der Waals surface area (Å²) in [6.45, 7) is 6.28. The van der Waals surface area contributed by atoms with Crippen molar-refractivity contribution in [1.82, 2.24) is 5.32 Å². The fourth-order valence-corrected chi connectivity index (χ4v) is 1.09. The molecule has 1 saturated heterocycles. The molecule has 1 unspecified atom stereocenters. The van der Waals surface area contributed by atoms with Crippen LogP contribution in [0.5, 0.6) is 0 Å². The van der Waals surface area contributed by atoms with Crippen LogP contribution in [0.3, 0.4) is 0 Å². The molecule has 0 amide bonds. The summed E-state index contributed by atoms with van der Waals surface area (Å²) in [5, 5.41) is 3.31. The first kappa shape index (κ1) is 7.03. The summed E-state index contributed by atoms with van der Waals surface area (Å²) < 4.78 is 5.21. The average molecular weight is 131 g/mol. The predicted molar refractivity (Wildman–Crippen MR) is 39.6 cm³/mol. The normalized spacial score (nSPS) is 27.0. The first-order valence-corrected chi connectivity index (χ1v) is 3.72. The molecular weight excluding hydrogens is 114 g/mol. The van der Waals surface area contributed by atoms with Crippen molar-refractivity contribution in [1.29, 1.82) is 0 Å². The third-order valence-electron chi connectivity index (χ3n) is 1.71. The smallest absolute Gasteiger partial charge is 0.0507 e. The van der Waals surface area contributed by atoms with E-state index in [1.165, 1.54) is 6.42 Å². The van der Waals surface area contributed by atoms with Crippen LogP contribution in [0.1, 0.15) is 14.8 Å². The van der Waals surface area contributed by atoms with Gasteiger partial charge in [-0.3, -0.25) is 0 Å². The average Bonchev–Trinajstić information content (AvgIpc) is 2.34. The standard InChI is InChI=1S/C7H15NO.H2/c1-2-8-5-7-3-4-9-6-7;/h7-8H,2-6H2,1H3;1H. The summed E-state index contributed by atoms with van der Waals surface area (Å²) in [4.78, 5) is 0. The summed E-state index contributed by atoms with van der Waals surface area (Å²) in [6, 6.07) is 0. The first-order chi connectivity index (χ1) is 4.43. The largest absolute Gasteiger partial charge is 0.381 e. The maximum absolute atomic E-state index is 5.21. The Morgan fingerprint density at radius 2 is 2.67 bits per heavy atom. The molecule has 56 valence electrons. The number of ether oxygens (including phenoxy) is 1. The lowest BCUT2D eigenvalue weighted by atomic mass is 10.1. The van der Waals surface area contributed by atoms with E-state index in [-0.39, 0.29) is 1.43 Å². The molecule has 0 aromatic heterocycles. The quantitative estimate of drug-likeness (QED) is 0.614. The van der Waals surface area contributed by atoms with E-state index >= 15 is 0 Å². The SMILES string of the molecule is CCNCC1CCOC1.[HH]. The molecule has 0 spiro atoms. The maximum Gasteiger partial charge on any atom is 0.0507 e. The molecule has 0 radical (unpaired) electrons. The number of nitrogens with one attached hydrogen (secondary N) is 1. The molecule has 1 N–H and O–H groups in total. The molecule has 1 atom stereocenters. The third kappa shape index (κ3) is 2.33.